The molecule has 0 atom stereocenters. The van der Waals surface area contributed by atoms with E-state index in [0.29, 0.717) is 0 Å². The Hall–Kier alpha value is -0.520. The van der Waals surface area contributed by atoms with Gasteiger partial charge in [0.25, 0.3) is 0 Å². The van der Waals surface area contributed by atoms with E-state index in [0.717, 1.165) is 0 Å². The molecular weight excluding hydrogens is 108 g/mol. The average Bonchev–Trinajstić information content (AvgIpc) is 1.97. The molecule has 0 spiro atoms. The fraction of sp³-hybridized carbons (Fsp3) is 0.444. The van der Waals surface area contributed by atoms with Crippen LogP contribution in [0.25, 0.3) is 0 Å². The molecule has 0 aliphatic heterocycles. The van der Waals surface area contributed by atoms with Crippen molar-refractivity contribution in [2.24, 2.45) is 0 Å². The monoisotopic (exact) mass is 121 g/mol. The van der Waals surface area contributed by atoms with Crippen LogP contribution in [0.3, 0.4) is 0 Å². The van der Waals surface area contributed by atoms with Gasteiger partial charge in [0.2, 0.25) is 0 Å². The highest BCUT2D eigenvalue weighted by Crippen LogP contribution is 2.16. The Morgan fingerprint density at radius 3 is 2.78 bits per heavy atom. The molecule has 1 radical (unpaired) electrons. The topological polar surface area (TPSA) is 0 Å². The summed E-state index contributed by atoms with van der Waals surface area (Å²) in [7, 11) is 0. The van der Waals surface area contributed by atoms with Crippen molar-refractivity contribution in [3.63, 3.8) is 0 Å². The van der Waals surface area contributed by atoms with E-state index in [9.17, 15) is 0 Å². The number of hydrogen-bond donors (Lipinski definition) is 0. The lowest BCUT2D eigenvalue weighted by molar-refractivity contribution is 0.902. The second-order valence-corrected chi connectivity index (χ2v) is 2.67. The van der Waals surface area contributed by atoms with E-state index in [-0.39, 0.29) is 0 Å². The summed E-state index contributed by atoms with van der Waals surface area (Å²) in [6.07, 6.45) is 9.12. The lowest BCUT2D eigenvalue weighted by Crippen LogP contribution is -1.81. The van der Waals surface area contributed by atoms with E-state index in [1.54, 1.807) is 0 Å². The summed E-state index contributed by atoms with van der Waals surface area (Å²) in [6, 6.07) is 0. The number of rotatable bonds is 0. The molecule has 9 heavy (non-hydrogen) atoms. The molecule has 0 heteroatoms. The first-order chi connectivity index (χ1) is 4.29. The van der Waals surface area contributed by atoms with Crippen LogP contribution in [0.1, 0.15) is 26.7 Å². The van der Waals surface area contributed by atoms with Gasteiger partial charge in [-0.15, -0.1) is 0 Å². The van der Waals surface area contributed by atoms with Crippen LogP contribution in [0, 0.1) is 5.92 Å². The highest BCUT2D eigenvalue weighted by Gasteiger charge is 1.98. The third-order valence-electron chi connectivity index (χ3n) is 1.64. The molecule has 1 rings (SSSR count). The third kappa shape index (κ3) is 2.05. The minimum atomic E-state index is 1.21. The Bertz CT molecular complexity index is 140. The zero-order valence-corrected chi connectivity index (χ0v) is 6.15. The van der Waals surface area contributed by atoms with Gasteiger partial charge < -0.3 is 0 Å². The van der Waals surface area contributed by atoms with Gasteiger partial charge in [-0.25, -0.2) is 0 Å². The van der Waals surface area contributed by atoms with Gasteiger partial charge >= 0.3 is 0 Å². The van der Waals surface area contributed by atoms with Crippen molar-refractivity contribution in [1.29, 1.82) is 0 Å². The Labute approximate surface area is 57.3 Å². The minimum Gasteiger partial charge on any atom is -0.0816 e. The zero-order valence-electron chi connectivity index (χ0n) is 6.15. The van der Waals surface area contributed by atoms with E-state index in [4.69, 9.17) is 0 Å². The molecule has 1 aliphatic carbocycles. The number of hydrogen-bond acceptors (Lipinski definition) is 0. The van der Waals surface area contributed by atoms with Gasteiger partial charge in [-0.2, -0.15) is 0 Å². The van der Waals surface area contributed by atoms with Gasteiger partial charge in [-0.05, 0) is 25.7 Å². The molecule has 0 N–H and O–H groups in total. The predicted molar refractivity (Wildman–Crippen MR) is 41.0 cm³/mol. The van der Waals surface area contributed by atoms with Gasteiger partial charge in [0.1, 0.15) is 0 Å². The highest BCUT2D eigenvalue weighted by molar-refractivity contribution is 5.24. The molecule has 0 bridgehead atoms. The van der Waals surface area contributed by atoms with Crippen molar-refractivity contribution < 1.29 is 0 Å². The van der Waals surface area contributed by atoms with Crippen LogP contribution in [0.4, 0.5) is 0 Å². The van der Waals surface area contributed by atoms with E-state index in [1.165, 1.54) is 24.3 Å². The summed E-state index contributed by atoms with van der Waals surface area (Å²) in [6.45, 7) is 4.33. The second kappa shape index (κ2) is 2.86. The standard InChI is InChI=1S/C9H13/c1-8-4-3-5-9(2)7-6-8/h4,6-7H,3,5H2,1-2H3. The van der Waals surface area contributed by atoms with Gasteiger partial charge in [0.15, 0.2) is 0 Å². The van der Waals surface area contributed by atoms with Gasteiger partial charge in [0, 0.05) is 0 Å². The van der Waals surface area contributed by atoms with Crippen molar-refractivity contribution in [2.45, 2.75) is 26.7 Å². The summed E-state index contributed by atoms with van der Waals surface area (Å²) >= 11 is 0. The molecule has 0 saturated carbocycles. The summed E-state index contributed by atoms with van der Waals surface area (Å²) in [5.41, 5.74) is 1.40. The molecule has 0 heterocycles. The smallest absolute Gasteiger partial charge is 0.00519 e. The third-order valence-corrected chi connectivity index (χ3v) is 1.64. The van der Waals surface area contributed by atoms with E-state index < -0.39 is 0 Å². The predicted octanol–water partition coefficient (Wildman–Crippen LogP) is 2.88. The normalized spacial score (nSPS) is 21.3. The molecule has 0 aromatic rings. The van der Waals surface area contributed by atoms with E-state index in [2.05, 4.69) is 32.1 Å². The van der Waals surface area contributed by atoms with Crippen molar-refractivity contribution in [1.82, 2.24) is 0 Å². The Morgan fingerprint density at radius 2 is 2.00 bits per heavy atom. The first-order valence-corrected chi connectivity index (χ1v) is 3.46. The highest BCUT2D eigenvalue weighted by atomic mass is 14.0. The zero-order chi connectivity index (χ0) is 6.69. The lowest BCUT2D eigenvalue weighted by Gasteiger charge is -1.97. The molecule has 49 valence electrons. The Kier molecular flexibility index (Phi) is 2.10. The minimum absolute atomic E-state index is 1.21. The first kappa shape index (κ1) is 6.60. The van der Waals surface area contributed by atoms with Crippen LogP contribution in [0.2, 0.25) is 0 Å². The van der Waals surface area contributed by atoms with Gasteiger partial charge in [-0.1, -0.05) is 30.7 Å². The Morgan fingerprint density at radius 1 is 1.22 bits per heavy atom. The second-order valence-electron chi connectivity index (χ2n) is 2.67. The van der Waals surface area contributed by atoms with Crippen molar-refractivity contribution in [3.05, 3.63) is 29.7 Å². The molecule has 0 aromatic heterocycles. The maximum absolute atomic E-state index is 2.28. The molecule has 0 unspecified atom stereocenters. The summed E-state index contributed by atoms with van der Waals surface area (Å²) in [4.78, 5) is 0. The fourth-order valence-corrected chi connectivity index (χ4v) is 0.953. The van der Waals surface area contributed by atoms with Crippen LogP contribution >= 0.6 is 0 Å². The molecule has 1 aliphatic rings. The molecule has 0 fully saturated rings. The quantitative estimate of drug-likeness (QED) is 0.462. The van der Waals surface area contributed by atoms with Crippen molar-refractivity contribution >= 4 is 0 Å². The Balaban J connectivity index is 2.58. The van der Waals surface area contributed by atoms with Crippen LogP contribution in [0.5, 0.6) is 0 Å². The molecule has 0 saturated heterocycles. The fourth-order valence-electron chi connectivity index (χ4n) is 0.953. The van der Waals surface area contributed by atoms with Crippen LogP contribution < -0.4 is 0 Å². The average molecular weight is 121 g/mol. The molecule has 0 nitrogen and oxygen atoms in total. The van der Waals surface area contributed by atoms with Crippen LogP contribution in [0.15, 0.2) is 23.8 Å². The SMILES string of the molecule is C[C]1C=CC(C)=CCC1. The summed E-state index contributed by atoms with van der Waals surface area (Å²) < 4.78 is 0. The van der Waals surface area contributed by atoms with E-state index in [1.807, 2.05) is 0 Å². The molecule has 0 aromatic carbocycles. The maximum Gasteiger partial charge on any atom is -0.00519 e. The van der Waals surface area contributed by atoms with Crippen molar-refractivity contribution in [2.75, 3.05) is 0 Å². The van der Waals surface area contributed by atoms with Gasteiger partial charge in [-0.3, -0.25) is 0 Å². The first-order valence-electron chi connectivity index (χ1n) is 3.46. The van der Waals surface area contributed by atoms with Gasteiger partial charge in [0.05, 0.1) is 0 Å². The van der Waals surface area contributed by atoms with E-state index >= 15 is 0 Å². The largest absolute Gasteiger partial charge is 0.0816 e. The lowest BCUT2D eigenvalue weighted by atomic mass is 10.1. The van der Waals surface area contributed by atoms with Crippen LogP contribution in [-0.4, -0.2) is 0 Å². The molecular formula is C9H13. The summed E-state index contributed by atoms with van der Waals surface area (Å²) in [5.74, 6) is 1.49. The van der Waals surface area contributed by atoms with Crippen molar-refractivity contribution in [3.8, 4) is 0 Å². The van der Waals surface area contributed by atoms with Crippen LogP contribution in [-0.2, 0) is 0 Å². The molecule has 0 amide bonds. The number of allylic oxidation sites excluding steroid dienone is 4. The summed E-state index contributed by atoms with van der Waals surface area (Å²) in [5, 5.41) is 0. The maximum atomic E-state index is 2.28.